The quantitative estimate of drug-likeness (QED) is 0.725. The number of ketones is 1. The first-order valence-corrected chi connectivity index (χ1v) is 7.95. The van der Waals surface area contributed by atoms with Crippen molar-refractivity contribution in [1.29, 1.82) is 0 Å². The fourth-order valence-corrected chi connectivity index (χ4v) is 2.82. The van der Waals surface area contributed by atoms with Crippen LogP contribution >= 0.6 is 31.9 Å². The van der Waals surface area contributed by atoms with Gasteiger partial charge in [0.05, 0.1) is 19.8 Å². The SMILES string of the molecule is COc1ccc(Br)cc1C(=O)C(O)c1cc(Br)ccc1OC. The summed E-state index contributed by atoms with van der Waals surface area (Å²) in [4.78, 5) is 12.6. The maximum atomic E-state index is 12.6. The molecule has 4 nitrogen and oxygen atoms in total. The van der Waals surface area contributed by atoms with Crippen molar-refractivity contribution in [2.45, 2.75) is 6.10 Å². The van der Waals surface area contributed by atoms with E-state index in [9.17, 15) is 9.90 Å². The van der Waals surface area contributed by atoms with Crippen LogP contribution in [-0.4, -0.2) is 25.1 Å². The summed E-state index contributed by atoms with van der Waals surface area (Å²) in [6, 6.07) is 10.2. The molecule has 0 aliphatic rings. The summed E-state index contributed by atoms with van der Waals surface area (Å²) in [5, 5.41) is 10.5. The van der Waals surface area contributed by atoms with Gasteiger partial charge in [-0.3, -0.25) is 4.79 Å². The highest BCUT2D eigenvalue weighted by atomic mass is 79.9. The van der Waals surface area contributed by atoms with E-state index in [0.29, 0.717) is 22.6 Å². The van der Waals surface area contributed by atoms with E-state index in [4.69, 9.17) is 9.47 Å². The molecule has 0 saturated heterocycles. The highest BCUT2D eigenvalue weighted by molar-refractivity contribution is 9.10. The summed E-state index contributed by atoms with van der Waals surface area (Å²) >= 11 is 6.65. The molecule has 0 aliphatic heterocycles. The molecular weight excluding hydrogens is 416 g/mol. The van der Waals surface area contributed by atoms with E-state index in [0.717, 1.165) is 8.95 Å². The van der Waals surface area contributed by atoms with E-state index in [1.165, 1.54) is 14.2 Å². The molecule has 2 rings (SSSR count). The lowest BCUT2D eigenvalue weighted by Gasteiger charge is -2.16. The Kier molecular flexibility index (Phi) is 5.61. The Balaban J connectivity index is 2.46. The number of hydrogen-bond acceptors (Lipinski definition) is 4. The minimum Gasteiger partial charge on any atom is -0.496 e. The van der Waals surface area contributed by atoms with Crippen LogP contribution < -0.4 is 9.47 Å². The minimum atomic E-state index is -1.35. The highest BCUT2D eigenvalue weighted by Crippen LogP contribution is 2.33. The zero-order chi connectivity index (χ0) is 16.3. The van der Waals surface area contributed by atoms with Crippen molar-refractivity contribution in [3.63, 3.8) is 0 Å². The van der Waals surface area contributed by atoms with Crippen molar-refractivity contribution < 1.29 is 19.4 Å². The van der Waals surface area contributed by atoms with Crippen molar-refractivity contribution in [2.24, 2.45) is 0 Å². The monoisotopic (exact) mass is 428 g/mol. The van der Waals surface area contributed by atoms with E-state index < -0.39 is 11.9 Å². The van der Waals surface area contributed by atoms with Crippen LogP contribution in [0.3, 0.4) is 0 Å². The lowest BCUT2D eigenvalue weighted by Crippen LogP contribution is -2.14. The molecule has 6 heteroatoms. The molecule has 0 saturated carbocycles. The summed E-state index contributed by atoms with van der Waals surface area (Å²) in [5.41, 5.74) is 0.690. The third kappa shape index (κ3) is 3.51. The second-order valence-corrected chi connectivity index (χ2v) is 6.33. The van der Waals surface area contributed by atoms with E-state index in [-0.39, 0.29) is 0 Å². The smallest absolute Gasteiger partial charge is 0.199 e. The van der Waals surface area contributed by atoms with Gasteiger partial charge in [-0.15, -0.1) is 0 Å². The van der Waals surface area contributed by atoms with Gasteiger partial charge in [-0.25, -0.2) is 0 Å². The Hall–Kier alpha value is -1.37. The van der Waals surface area contributed by atoms with Gasteiger partial charge in [0.25, 0.3) is 0 Å². The largest absolute Gasteiger partial charge is 0.496 e. The van der Waals surface area contributed by atoms with E-state index in [2.05, 4.69) is 31.9 Å². The van der Waals surface area contributed by atoms with Crippen LogP contribution in [-0.2, 0) is 0 Å². The molecule has 0 amide bonds. The third-order valence-electron chi connectivity index (χ3n) is 3.16. The fraction of sp³-hybridized carbons (Fsp3) is 0.188. The van der Waals surface area contributed by atoms with Gasteiger partial charge < -0.3 is 14.6 Å². The Labute approximate surface area is 145 Å². The van der Waals surface area contributed by atoms with Crippen LogP contribution in [0.1, 0.15) is 22.0 Å². The average Bonchev–Trinajstić information content (AvgIpc) is 2.53. The van der Waals surface area contributed by atoms with E-state index in [1.54, 1.807) is 36.4 Å². The van der Waals surface area contributed by atoms with Crippen LogP contribution in [0.2, 0.25) is 0 Å². The molecule has 0 heterocycles. The molecule has 0 aromatic heterocycles. The summed E-state index contributed by atoms with van der Waals surface area (Å²) in [6.45, 7) is 0. The lowest BCUT2D eigenvalue weighted by molar-refractivity contribution is 0.0739. The van der Waals surface area contributed by atoms with Gasteiger partial charge in [-0.2, -0.15) is 0 Å². The number of Topliss-reactive ketones (excluding diaryl/α,β-unsaturated/α-hetero) is 1. The third-order valence-corrected chi connectivity index (χ3v) is 4.15. The maximum absolute atomic E-state index is 12.6. The van der Waals surface area contributed by atoms with E-state index >= 15 is 0 Å². The van der Waals surface area contributed by atoms with Crippen molar-refractivity contribution in [1.82, 2.24) is 0 Å². The normalized spacial score (nSPS) is 11.9. The number of aliphatic hydroxyl groups is 1. The van der Waals surface area contributed by atoms with Gasteiger partial charge in [0.1, 0.15) is 17.6 Å². The van der Waals surface area contributed by atoms with Crippen molar-refractivity contribution in [3.8, 4) is 11.5 Å². The Morgan fingerprint density at radius 2 is 1.55 bits per heavy atom. The number of hydrogen-bond donors (Lipinski definition) is 1. The Bertz CT molecular complexity index is 701. The predicted octanol–water partition coefficient (Wildman–Crippen LogP) is 4.15. The number of carbonyl (C=O) groups is 1. The second-order valence-electron chi connectivity index (χ2n) is 4.50. The minimum absolute atomic E-state index is 0.298. The Morgan fingerprint density at radius 1 is 1.00 bits per heavy atom. The number of ether oxygens (including phenoxy) is 2. The molecule has 0 radical (unpaired) electrons. The van der Waals surface area contributed by atoms with Crippen LogP contribution in [0, 0.1) is 0 Å². The molecule has 0 spiro atoms. The first-order chi connectivity index (χ1) is 10.5. The second kappa shape index (κ2) is 7.26. The Morgan fingerprint density at radius 3 is 2.14 bits per heavy atom. The molecule has 22 heavy (non-hydrogen) atoms. The zero-order valence-electron chi connectivity index (χ0n) is 12.0. The molecule has 2 aromatic rings. The number of benzene rings is 2. The van der Waals surface area contributed by atoms with Crippen molar-refractivity contribution >= 4 is 37.6 Å². The van der Waals surface area contributed by atoms with Crippen LogP contribution in [0.15, 0.2) is 45.3 Å². The number of halogens is 2. The molecule has 1 atom stereocenters. The lowest BCUT2D eigenvalue weighted by atomic mass is 9.98. The predicted molar refractivity (Wildman–Crippen MR) is 90.7 cm³/mol. The molecular formula is C16H14Br2O4. The van der Waals surface area contributed by atoms with Gasteiger partial charge in [-0.1, -0.05) is 31.9 Å². The number of methoxy groups -OCH3 is 2. The summed E-state index contributed by atoms with van der Waals surface area (Å²) in [6.07, 6.45) is -1.35. The summed E-state index contributed by atoms with van der Waals surface area (Å²) in [7, 11) is 2.97. The van der Waals surface area contributed by atoms with Crippen LogP contribution in [0.4, 0.5) is 0 Å². The molecule has 116 valence electrons. The zero-order valence-corrected chi connectivity index (χ0v) is 15.1. The highest BCUT2D eigenvalue weighted by Gasteiger charge is 2.25. The molecule has 2 aromatic carbocycles. The van der Waals surface area contributed by atoms with Crippen LogP contribution in [0.5, 0.6) is 11.5 Å². The van der Waals surface area contributed by atoms with Gasteiger partial charge in [0.15, 0.2) is 5.78 Å². The van der Waals surface area contributed by atoms with E-state index in [1.807, 2.05) is 0 Å². The molecule has 1 unspecified atom stereocenters. The first kappa shape index (κ1) is 17.0. The number of rotatable bonds is 5. The number of aliphatic hydroxyl groups excluding tert-OH is 1. The molecule has 0 fully saturated rings. The van der Waals surface area contributed by atoms with Gasteiger partial charge >= 0.3 is 0 Å². The topological polar surface area (TPSA) is 55.8 Å². The average molecular weight is 430 g/mol. The maximum Gasteiger partial charge on any atom is 0.199 e. The summed E-state index contributed by atoms with van der Waals surface area (Å²) in [5.74, 6) is 0.383. The number of carbonyl (C=O) groups excluding carboxylic acids is 1. The molecule has 0 aliphatic carbocycles. The van der Waals surface area contributed by atoms with Gasteiger partial charge in [0.2, 0.25) is 0 Å². The van der Waals surface area contributed by atoms with Gasteiger partial charge in [0, 0.05) is 14.5 Å². The van der Waals surface area contributed by atoms with Crippen molar-refractivity contribution in [2.75, 3.05) is 14.2 Å². The van der Waals surface area contributed by atoms with Crippen LogP contribution in [0.25, 0.3) is 0 Å². The standard InChI is InChI=1S/C16H14Br2O4/c1-21-13-5-3-9(17)7-11(13)15(19)16(20)12-8-10(18)4-6-14(12)22-2/h3-8,15,19H,1-2H3. The fourth-order valence-electron chi connectivity index (χ4n) is 2.08. The molecule has 1 N–H and O–H groups in total. The van der Waals surface area contributed by atoms with Gasteiger partial charge in [-0.05, 0) is 36.4 Å². The molecule has 0 bridgehead atoms. The van der Waals surface area contributed by atoms with Crippen molar-refractivity contribution in [3.05, 3.63) is 56.5 Å². The first-order valence-electron chi connectivity index (χ1n) is 6.37. The summed E-state index contributed by atoms with van der Waals surface area (Å²) < 4.78 is 11.9.